The second kappa shape index (κ2) is 2.86. The molecule has 1 aliphatic rings. The Hall–Kier alpha value is -0.900. The van der Waals surface area contributed by atoms with Crippen molar-refractivity contribution in [2.45, 2.75) is 32.4 Å². The third-order valence-corrected chi connectivity index (χ3v) is 1.44. The maximum absolute atomic E-state index is 11.1. The number of hydrogen-bond donors (Lipinski definition) is 1. The molecule has 0 aromatic carbocycles. The van der Waals surface area contributed by atoms with E-state index in [1.807, 2.05) is 0 Å². The third kappa shape index (κ3) is 2.04. The maximum atomic E-state index is 11.1. The number of esters is 1. The lowest BCUT2D eigenvalue weighted by Crippen LogP contribution is -2.59. The average molecular weight is 171 g/mol. The normalized spacial score (nSPS) is 23.2. The Morgan fingerprint density at radius 3 is 2.42 bits per heavy atom. The highest BCUT2D eigenvalue weighted by Crippen LogP contribution is 2.10. The first kappa shape index (κ1) is 9.19. The zero-order chi connectivity index (χ0) is 9.35. The SMILES string of the molecule is CC(C)(C)OC(=O)C1NCC1=O. The summed E-state index contributed by atoms with van der Waals surface area (Å²) in [6.07, 6.45) is 0. The summed E-state index contributed by atoms with van der Waals surface area (Å²) >= 11 is 0. The monoisotopic (exact) mass is 171 g/mol. The minimum Gasteiger partial charge on any atom is -0.458 e. The summed E-state index contributed by atoms with van der Waals surface area (Å²) in [7, 11) is 0. The fourth-order valence-corrected chi connectivity index (χ4v) is 0.863. The molecular formula is C8H13NO3. The molecule has 1 rings (SSSR count). The molecule has 12 heavy (non-hydrogen) atoms. The number of ketones is 1. The first-order valence-electron chi connectivity index (χ1n) is 3.89. The molecule has 0 amide bonds. The van der Waals surface area contributed by atoms with Crippen LogP contribution in [0.25, 0.3) is 0 Å². The largest absolute Gasteiger partial charge is 0.458 e. The molecule has 0 aromatic heterocycles. The van der Waals surface area contributed by atoms with Crippen LogP contribution in [0.1, 0.15) is 20.8 Å². The van der Waals surface area contributed by atoms with Crippen LogP contribution in [0.4, 0.5) is 0 Å². The van der Waals surface area contributed by atoms with Crippen LogP contribution < -0.4 is 5.32 Å². The van der Waals surface area contributed by atoms with Gasteiger partial charge in [0.05, 0.1) is 6.54 Å². The Kier molecular flexibility index (Phi) is 2.19. The summed E-state index contributed by atoms with van der Waals surface area (Å²) in [6, 6.07) is -0.718. The zero-order valence-corrected chi connectivity index (χ0v) is 7.51. The van der Waals surface area contributed by atoms with Crippen LogP contribution in [-0.2, 0) is 14.3 Å². The van der Waals surface area contributed by atoms with Crippen LogP contribution in [0.5, 0.6) is 0 Å². The highest BCUT2D eigenvalue weighted by molar-refractivity contribution is 6.08. The van der Waals surface area contributed by atoms with E-state index in [2.05, 4.69) is 5.32 Å². The Morgan fingerprint density at radius 1 is 1.58 bits per heavy atom. The highest BCUT2D eigenvalue weighted by atomic mass is 16.6. The van der Waals surface area contributed by atoms with E-state index < -0.39 is 17.6 Å². The molecule has 0 bridgehead atoms. The van der Waals surface area contributed by atoms with Crippen LogP contribution in [0.2, 0.25) is 0 Å². The maximum Gasteiger partial charge on any atom is 0.331 e. The quantitative estimate of drug-likeness (QED) is 0.441. The van der Waals surface area contributed by atoms with Crippen LogP contribution in [0, 0.1) is 0 Å². The minimum atomic E-state index is -0.718. The van der Waals surface area contributed by atoms with Gasteiger partial charge in [-0.25, -0.2) is 4.79 Å². The number of carbonyl (C=O) groups excluding carboxylic acids is 2. The molecule has 1 unspecified atom stereocenters. The minimum absolute atomic E-state index is 0.0933. The second-order valence-electron chi connectivity index (χ2n) is 3.81. The Bertz CT molecular complexity index is 217. The van der Waals surface area contributed by atoms with E-state index in [0.29, 0.717) is 0 Å². The summed E-state index contributed by atoms with van der Waals surface area (Å²) in [5, 5.41) is 2.69. The number of rotatable bonds is 1. The lowest BCUT2D eigenvalue weighted by atomic mass is 10.1. The first-order chi connectivity index (χ1) is 5.40. The van der Waals surface area contributed by atoms with Gasteiger partial charge in [0.25, 0.3) is 0 Å². The van der Waals surface area contributed by atoms with Gasteiger partial charge in [0.15, 0.2) is 11.8 Å². The smallest absolute Gasteiger partial charge is 0.331 e. The molecule has 0 saturated carbocycles. The molecule has 1 atom stereocenters. The molecule has 0 aromatic rings. The molecule has 1 saturated heterocycles. The lowest BCUT2D eigenvalue weighted by molar-refractivity contribution is -0.161. The van der Waals surface area contributed by atoms with Crippen molar-refractivity contribution in [3.05, 3.63) is 0 Å². The van der Waals surface area contributed by atoms with Crippen molar-refractivity contribution in [1.29, 1.82) is 0 Å². The molecule has 68 valence electrons. The van der Waals surface area contributed by atoms with Crippen LogP contribution in [-0.4, -0.2) is 29.9 Å². The van der Waals surface area contributed by atoms with Gasteiger partial charge in [-0.1, -0.05) is 0 Å². The molecule has 1 aliphatic heterocycles. The molecule has 4 heteroatoms. The molecular weight excluding hydrogens is 158 g/mol. The molecule has 0 radical (unpaired) electrons. The molecule has 1 N–H and O–H groups in total. The van der Waals surface area contributed by atoms with E-state index in [0.717, 1.165) is 0 Å². The third-order valence-electron chi connectivity index (χ3n) is 1.44. The molecule has 1 fully saturated rings. The fraction of sp³-hybridized carbons (Fsp3) is 0.750. The standard InChI is InChI=1S/C8H13NO3/c1-8(2,3)12-7(11)6-5(10)4-9-6/h6,9H,4H2,1-3H3. The van der Waals surface area contributed by atoms with Gasteiger partial charge >= 0.3 is 5.97 Å². The van der Waals surface area contributed by atoms with Crippen molar-refractivity contribution in [2.75, 3.05) is 6.54 Å². The average Bonchev–Trinajstić information content (AvgIpc) is 1.79. The summed E-state index contributed by atoms with van der Waals surface area (Å²) in [5.41, 5.74) is -0.519. The van der Waals surface area contributed by atoms with Crippen molar-refractivity contribution >= 4 is 11.8 Å². The van der Waals surface area contributed by atoms with E-state index in [1.165, 1.54) is 0 Å². The number of nitrogens with one attached hydrogen (secondary N) is 1. The van der Waals surface area contributed by atoms with E-state index in [-0.39, 0.29) is 12.3 Å². The van der Waals surface area contributed by atoms with Crippen molar-refractivity contribution < 1.29 is 14.3 Å². The van der Waals surface area contributed by atoms with Crippen LogP contribution in [0.15, 0.2) is 0 Å². The van der Waals surface area contributed by atoms with Crippen molar-refractivity contribution in [3.8, 4) is 0 Å². The summed E-state index contributed by atoms with van der Waals surface area (Å²) in [6.45, 7) is 5.60. The van der Waals surface area contributed by atoms with Crippen molar-refractivity contribution in [3.63, 3.8) is 0 Å². The van der Waals surface area contributed by atoms with Crippen molar-refractivity contribution in [2.24, 2.45) is 0 Å². The molecule has 0 spiro atoms. The number of ether oxygens (including phenoxy) is 1. The van der Waals surface area contributed by atoms with Gasteiger partial charge in [-0.2, -0.15) is 0 Å². The van der Waals surface area contributed by atoms with Gasteiger partial charge in [-0.3, -0.25) is 10.1 Å². The number of carbonyl (C=O) groups is 2. The van der Waals surface area contributed by atoms with Crippen molar-refractivity contribution in [1.82, 2.24) is 5.32 Å². The van der Waals surface area contributed by atoms with Gasteiger partial charge in [0.1, 0.15) is 5.60 Å². The Morgan fingerprint density at radius 2 is 2.17 bits per heavy atom. The Balaban J connectivity index is 2.44. The van der Waals surface area contributed by atoms with Crippen LogP contribution >= 0.6 is 0 Å². The van der Waals surface area contributed by atoms with E-state index in [1.54, 1.807) is 20.8 Å². The van der Waals surface area contributed by atoms with Crippen LogP contribution in [0.3, 0.4) is 0 Å². The lowest BCUT2D eigenvalue weighted by Gasteiger charge is -2.28. The van der Waals surface area contributed by atoms with Gasteiger partial charge in [0, 0.05) is 0 Å². The molecule has 0 aliphatic carbocycles. The van der Waals surface area contributed by atoms with Gasteiger partial charge in [-0.05, 0) is 20.8 Å². The van der Waals surface area contributed by atoms with E-state index in [9.17, 15) is 9.59 Å². The predicted octanol–water partition coefficient (Wildman–Crippen LogP) is -0.131. The molecule has 4 nitrogen and oxygen atoms in total. The second-order valence-corrected chi connectivity index (χ2v) is 3.81. The zero-order valence-electron chi connectivity index (χ0n) is 7.51. The first-order valence-corrected chi connectivity index (χ1v) is 3.89. The number of hydrogen-bond acceptors (Lipinski definition) is 4. The van der Waals surface area contributed by atoms with Gasteiger partial charge in [0.2, 0.25) is 0 Å². The molecule has 1 heterocycles. The Labute approximate surface area is 71.3 Å². The van der Waals surface area contributed by atoms with E-state index >= 15 is 0 Å². The summed E-state index contributed by atoms with van der Waals surface area (Å²) in [4.78, 5) is 21.9. The topological polar surface area (TPSA) is 55.4 Å². The fourth-order valence-electron chi connectivity index (χ4n) is 0.863. The van der Waals surface area contributed by atoms with Gasteiger partial charge in [-0.15, -0.1) is 0 Å². The van der Waals surface area contributed by atoms with Gasteiger partial charge < -0.3 is 4.74 Å². The highest BCUT2D eigenvalue weighted by Gasteiger charge is 2.37. The summed E-state index contributed by atoms with van der Waals surface area (Å²) in [5.74, 6) is -0.567. The number of Topliss-reactive ketones (excluding diaryl/α,β-unsaturated/α-hetero) is 1. The predicted molar refractivity (Wildman–Crippen MR) is 42.6 cm³/mol. The van der Waals surface area contributed by atoms with E-state index in [4.69, 9.17) is 4.74 Å². The summed E-state index contributed by atoms with van der Waals surface area (Å²) < 4.78 is 4.99.